The molecule has 1 unspecified atom stereocenters. The molecule has 0 aromatic carbocycles. The number of pyridine rings is 1. The number of halogens is 2. The van der Waals surface area contributed by atoms with E-state index < -0.39 is 0 Å². The molecule has 0 aliphatic carbocycles. The van der Waals surface area contributed by atoms with Crippen LogP contribution in [0.5, 0.6) is 0 Å². The molecule has 88 valence electrons. The van der Waals surface area contributed by atoms with Crippen molar-refractivity contribution in [2.45, 2.75) is 19.8 Å². The minimum absolute atomic E-state index is 0.725. The number of nitrogen functional groups attached to an aromatic ring is 1. The zero-order valence-electron chi connectivity index (χ0n) is 9.21. The predicted molar refractivity (Wildman–Crippen MR) is 74.7 cm³/mol. The highest BCUT2D eigenvalue weighted by Gasteiger charge is 2.20. The van der Waals surface area contributed by atoms with Crippen molar-refractivity contribution >= 4 is 43.4 Å². The molecular formula is C11H15Br2N3. The molecule has 2 heterocycles. The van der Waals surface area contributed by atoms with Crippen LogP contribution in [-0.4, -0.2) is 18.1 Å². The van der Waals surface area contributed by atoms with Gasteiger partial charge in [0.1, 0.15) is 5.82 Å². The van der Waals surface area contributed by atoms with Gasteiger partial charge in [-0.3, -0.25) is 0 Å². The van der Waals surface area contributed by atoms with Crippen LogP contribution in [0.15, 0.2) is 15.1 Å². The van der Waals surface area contributed by atoms with Crippen LogP contribution in [0.4, 0.5) is 11.5 Å². The summed E-state index contributed by atoms with van der Waals surface area (Å²) < 4.78 is 1.74. The van der Waals surface area contributed by atoms with Crippen molar-refractivity contribution in [3.05, 3.63) is 15.1 Å². The molecule has 16 heavy (non-hydrogen) atoms. The first-order valence-electron chi connectivity index (χ1n) is 5.44. The Kier molecular flexibility index (Phi) is 3.74. The van der Waals surface area contributed by atoms with E-state index in [-0.39, 0.29) is 0 Å². The summed E-state index contributed by atoms with van der Waals surface area (Å²) in [6, 6.07) is 0. The van der Waals surface area contributed by atoms with Crippen molar-refractivity contribution in [1.29, 1.82) is 0 Å². The molecule has 0 spiro atoms. The lowest BCUT2D eigenvalue weighted by Gasteiger charge is -2.32. The van der Waals surface area contributed by atoms with Crippen LogP contribution in [0.2, 0.25) is 0 Å². The zero-order valence-corrected chi connectivity index (χ0v) is 12.4. The lowest BCUT2D eigenvalue weighted by atomic mass is 10.0. The Morgan fingerprint density at radius 2 is 2.25 bits per heavy atom. The number of hydrogen-bond acceptors (Lipinski definition) is 3. The van der Waals surface area contributed by atoms with Gasteiger partial charge in [-0.25, -0.2) is 4.98 Å². The molecule has 0 amide bonds. The molecular weight excluding hydrogens is 334 g/mol. The molecule has 2 rings (SSSR count). The van der Waals surface area contributed by atoms with Crippen LogP contribution in [0.25, 0.3) is 0 Å². The lowest BCUT2D eigenvalue weighted by Crippen LogP contribution is -2.35. The predicted octanol–water partition coefficient (Wildman–Crippen LogP) is 3.43. The molecule has 0 radical (unpaired) electrons. The van der Waals surface area contributed by atoms with Gasteiger partial charge in [-0.2, -0.15) is 0 Å². The molecule has 1 aromatic rings. The number of piperidine rings is 1. The van der Waals surface area contributed by atoms with Gasteiger partial charge in [0, 0.05) is 19.3 Å². The van der Waals surface area contributed by atoms with E-state index in [2.05, 4.69) is 48.7 Å². The van der Waals surface area contributed by atoms with E-state index in [1.807, 2.05) is 0 Å². The molecule has 1 aliphatic heterocycles. The summed E-state index contributed by atoms with van der Waals surface area (Å²) in [4.78, 5) is 6.76. The monoisotopic (exact) mass is 347 g/mol. The minimum atomic E-state index is 0.725. The van der Waals surface area contributed by atoms with Crippen LogP contribution in [-0.2, 0) is 0 Å². The second-order valence-electron chi connectivity index (χ2n) is 4.35. The number of rotatable bonds is 1. The van der Waals surface area contributed by atoms with Gasteiger partial charge < -0.3 is 10.6 Å². The molecule has 0 bridgehead atoms. The van der Waals surface area contributed by atoms with Gasteiger partial charge in [-0.05, 0) is 50.6 Å². The third-order valence-electron chi connectivity index (χ3n) is 2.95. The van der Waals surface area contributed by atoms with E-state index >= 15 is 0 Å². The van der Waals surface area contributed by atoms with E-state index in [1.54, 1.807) is 6.20 Å². The minimum Gasteiger partial charge on any atom is -0.397 e. The van der Waals surface area contributed by atoms with Gasteiger partial charge in [-0.15, -0.1) is 0 Å². The Hall–Kier alpha value is -0.290. The van der Waals surface area contributed by atoms with Gasteiger partial charge in [0.2, 0.25) is 0 Å². The van der Waals surface area contributed by atoms with Crippen molar-refractivity contribution in [3.8, 4) is 0 Å². The number of anilines is 2. The first-order chi connectivity index (χ1) is 7.59. The summed E-state index contributed by atoms with van der Waals surface area (Å²) in [5.74, 6) is 1.69. The molecule has 1 saturated heterocycles. The van der Waals surface area contributed by atoms with Gasteiger partial charge in [-0.1, -0.05) is 6.92 Å². The molecule has 0 saturated carbocycles. The maximum absolute atomic E-state index is 5.96. The fourth-order valence-electron chi connectivity index (χ4n) is 2.07. The second kappa shape index (κ2) is 4.92. The Labute approximate surface area is 113 Å². The third-order valence-corrected chi connectivity index (χ3v) is 4.36. The number of aromatic nitrogens is 1. The maximum atomic E-state index is 5.96. The van der Waals surface area contributed by atoms with Crippen molar-refractivity contribution in [2.24, 2.45) is 5.92 Å². The molecule has 2 N–H and O–H groups in total. The van der Waals surface area contributed by atoms with Gasteiger partial charge in [0.15, 0.2) is 0 Å². The smallest absolute Gasteiger partial charge is 0.145 e. The molecule has 1 aliphatic rings. The van der Waals surface area contributed by atoms with E-state index in [0.717, 1.165) is 39.5 Å². The van der Waals surface area contributed by atoms with Gasteiger partial charge in [0.25, 0.3) is 0 Å². The molecule has 1 aromatic heterocycles. The Morgan fingerprint density at radius 1 is 1.50 bits per heavy atom. The van der Waals surface area contributed by atoms with Crippen LogP contribution >= 0.6 is 31.9 Å². The third kappa shape index (κ3) is 2.35. The van der Waals surface area contributed by atoms with Gasteiger partial charge >= 0.3 is 0 Å². The summed E-state index contributed by atoms with van der Waals surface area (Å²) in [5.41, 5.74) is 6.69. The number of nitrogens with zero attached hydrogens (tertiary/aromatic N) is 2. The Balaban J connectivity index is 2.29. The molecule has 1 fully saturated rings. The van der Waals surface area contributed by atoms with Crippen LogP contribution in [0.1, 0.15) is 19.8 Å². The largest absolute Gasteiger partial charge is 0.397 e. The highest BCUT2D eigenvalue weighted by molar-refractivity contribution is 9.11. The molecule has 5 heteroatoms. The fourth-order valence-corrected chi connectivity index (χ4v) is 3.20. The number of hydrogen-bond donors (Lipinski definition) is 1. The zero-order chi connectivity index (χ0) is 11.7. The summed E-state index contributed by atoms with van der Waals surface area (Å²) in [7, 11) is 0. The lowest BCUT2D eigenvalue weighted by molar-refractivity contribution is 0.444. The van der Waals surface area contributed by atoms with Crippen molar-refractivity contribution in [2.75, 3.05) is 23.7 Å². The fraction of sp³-hybridized carbons (Fsp3) is 0.545. The molecule has 1 atom stereocenters. The average molecular weight is 349 g/mol. The number of nitrogens with two attached hydrogens (primary N) is 1. The SMILES string of the molecule is CC1CCCN(c2ncc(Br)c(N)c2Br)C1. The van der Waals surface area contributed by atoms with E-state index in [9.17, 15) is 0 Å². The van der Waals surface area contributed by atoms with Crippen LogP contribution < -0.4 is 10.6 Å². The highest BCUT2D eigenvalue weighted by atomic mass is 79.9. The Morgan fingerprint density at radius 3 is 2.94 bits per heavy atom. The second-order valence-corrected chi connectivity index (χ2v) is 6.00. The highest BCUT2D eigenvalue weighted by Crippen LogP contribution is 2.35. The first kappa shape index (κ1) is 12.2. The van der Waals surface area contributed by atoms with E-state index in [1.165, 1.54) is 12.8 Å². The maximum Gasteiger partial charge on any atom is 0.145 e. The summed E-state index contributed by atoms with van der Waals surface area (Å²) >= 11 is 6.91. The topological polar surface area (TPSA) is 42.2 Å². The summed E-state index contributed by atoms with van der Waals surface area (Å²) in [6.07, 6.45) is 4.31. The summed E-state index contributed by atoms with van der Waals surface area (Å²) in [6.45, 7) is 4.41. The quantitative estimate of drug-likeness (QED) is 0.845. The standard InChI is InChI=1S/C11H15Br2N3/c1-7-3-2-4-16(6-7)11-9(13)10(14)8(12)5-15-11/h5,7H,2-4,6H2,1H3,(H2,14,15). The van der Waals surface area contributed by atoms with Crippen LogP contribution in [0.3, 0.4) is 0 Å². The normalized spacial score (nSPS) is 21.2. The Bertz CT molecular complexity index is 395. The van der Waals surface area contributed by atoms with Crippen molar-refractivity contribution < 1.29 is 0 Å². The first-order valence-corrected chi connectivity index (χ1v) is 7.02. The average Bonchev–Trinajstić information content (AvgIpc) is 2.26. The van der Waals surface area contributed by atoms with Crippen molar-refractivity contribution in [1.82, 2.24) is 4.98 Å². The van der Waals surface area contributed by atoms with E-state index in [4.69, 9.17) is 5.73 Å². The van der Waals surface area contributed by atoms with Crippen molar-refractivity contribution in [3.63, 3.8) is 0 Å². The summed E-state index contributed by atoms with van der Waals surface area (Å²) in [5, 5.41) is 0. The van der Waals surface area contributed by atoms with Gasteiger partial charge in [0.05, 0.1) is 14.6 Å². The molecule has 3 nitrogen and oxygen atoms in total. The van der Waals surface area contributed by atoms with E-state index in [0.29, 0.717) is 0 Å². The van der Waals surface area contributed by atoms with Crippen LogP contribution in [0, 0.1) is 5.92 Å².